The Morgan fingerprint density at radius 1 is 0.780 bits per heavy atom. The Bertz CT molecular complexity index is 1020. The minimum absolute atomic E-state index is 0.00304. The topological polar surface area (TPSA) is 55.8 Å². The molecule has 0 saturated heterocycles. The Morgan fingerprint density at radius 2 is 1.27 bits per heavy atom. The van der Waals surface area contributed by atoms with Crippen molar-refractivity contribution in [2.24, 2.45) is 5.92 Å². The molecule has 0 aliphatic carbocycles. The molecular formula is C35H58O4Si2. The largest absolute Gasteiger partial charge is 0.407 e. The van der Waals surface area contributed by atoms with E-state index in [9.17, 15) is 9.90 Å². The highest BCUT2D eigenvalue weighted by Crippen LogP contribution is 2.40. The van der Waals surface area contributed by atoms with Crippen LogP contribution in [0, 0.1) is 5.92 Å². The predicted molar refractivity (Wildman–Crippen MR) is 179 cm³/mol. The lowest BCUT2D eigenvalue weighted by atomic mass is 9.87. The van der Waals surface area contributed by atoms with Crippen molar-refractivity contribution in [3.63, 3.8) is 0 Å². The molecule has 2 rings (SSSR count). The molecule has 0 amide bonds. The van der Waals surface area contributed by atoms with E-state index in [2.05, 4.69) is 110 Å². The van der Waals surface area contributed by atoms with Crippen molar-refractivity contribution in [2.75, 3.05) is 0 Å². The first-order chi connectivity index (χ1) is 19.0. The van der Waals surface area contributed by atoms with E-state index in [1.165, 1.54) is 10.4 Å². The van der Waals surface area contributed by atoms with Gasteiger partial charge in [-0.05, 0) is 53.8 Å². The van der Waals surface area contributed by atoms with Crippen LogP contribution in [-0.2, 0) is 13.6 Å². The van der Waals surface area contributed by atoms with Crippen molar-refractivity contribution >= 4 is 32.8 Å². The van der Waals surface area contributed by atoms with Gasteiger partial charge in [0, 0.05) is 5.92 Å². The first kappa shape index (κ1) is 35.6. The first-order valence-corrected chi connectivity index (χ1v) is 20.5. The molecule has 0 heterocycles. The summed E-state index contributed by atoms with van der Waals surface area (Å²) in [6.07, 6.45) is 2.80. The molecule has 4 nitrogen and oxygen atoms in total. The smallest absolute Gasteiger partial charge is 0.261 e. The van der Waals surface area contributed by atoms with Gasteiger partial charge in [-0.2, -0.15) is 0 Å². The van der Waals surface area contributed by atoms with Gasteiger partial charge in [0.05, 0.1) is 12.2 Å². The summed E-state index contributed by atoms with van der Waals surface area (Å²) in [5, 5.41) is 14.1. The molecule has 1 N–H and O–H groups in total. The average Bonchev–Trinajstić information content (AvgIpc) is 2.90. The second-order valence-corrected chi connectivity index (χ2v) is 23.4. The summed E-state index contributed by atoms with van der Waals surface area (Å²) in [7, 11) is -5.05. The number of Topliss-reactive ketones (excluding diaryl/α,β-unsaturated/α-hetero) is 1. The van der Waals surface area contributed by atoms with Crippen molar-refractivity contribution in [1.29, 1.82) is 0 Å². The van der Waals surface area contributed by atoms with Crippen LogP contribution in [0.3, 0.4) is 0 Å². The van der Waals surface area contributed by atoms with Crippen LogP contribution in [0.1, 0.15) is 94.4 Å². The zero-order valence-electron chi connectivity index (χ0n) is 27.8. The Morgan fingerprint density at radius 3 is 1.68 bits per heavy atom. The minimum atomic E-state index is -2.89. The van der Waals surface area contributed by atoms with Gasteiger partial charge in [-0.1, -0.05) is 135 Å². The lowest BCUT2D eigenvalue weighted by molar-refractivity contribution is -0.136. The summed E-state index contributed by atoms with van der Waals surface area (Å²) in [5.74, 6) is -0.545. The third-order valence-electron chi connectivity index (χ3n) is 9.09. The molecule has 0 saturated carbocycles. The van der Waals surface area contributed by atoms with Crippen LogP contribution in [0.15, 0.2) is 60.7 Å². The standard InChI is InChI=1S/C35H58O4Si2/c1-12-13-14-21-26-31(32(36)27(2)38-40(10,11)34(4,5)6)33(37)28(3)39-41(35(7,8)9,29-22-17-15-18-23-29)30-24-19-16-20-25-30/h15-20,22-25,27-28,31,33,37H,12-14,21,26H2,1-11H3/t27-,28-,31-,33-/m0/s1. The number of ketones is 1. The van der Waals surface area contributed by atoms with Gasteiger partial charge >= 0.3 is 0 Å². The van der Waals surface area contributed by atoms with E-state index in [-0.39, 0.29) is 15.9 Å². The van der Waals surface area contributed by atoms with Crippen molar-refractivity contribution < 1.29 is 18.8 Å². The van der Waals surface area contributed by atoms with Crippen LogP contribution in [0.4, 0.5) is 0 Å². The molecule has 0 aliphatic heterocycles. The Balaban J connectivity index is 2.49. The molecule has 2 aromatic rings. The van der Waals surface area contributed by atoms with Gasteiger partial charge in [-0.15, -0.1) is 0 Å². The molecule has 0 aliphatic rings. The van der Waals surface area contributed by atoms with Crippen molar-refractivity contribution in [1.82, 2.24) is 0 Å². The van der Waals surface area contributed by atoms with Gasteiger partial charge < -0.3 is 14.0 Å². The molecule has 0 aromatic heterocycles. The molecule has 4 atom stereocenters. The lowest BCUT2D eigenvalue weighted by Gasteiger charge is -2.46. The quantitative estimate of drug-likeness (QED) is 0.167. The second-order valence-electron chi connectivity index (χ2n) is 14.4. The first-order valence-electron chi connectivity index (χ1n) is 15.7. The van der Waals surface area contributed by atoms with Crippen LogP contribution in [-0.4, -0.2) is 45.8 Å². The van der Waals surface area contributed by atoms with E-state index in [4.69, 9.17) is 8.85 Å². The zero-order chi connectivity index (χ0) is 31.1. The average molecular weight is 599 g/mol. The molecule has 0 spiro atoms. The number of rotatable bonds is 15. The minimum Gasteiger partial charge on any atom is -0.407 e. The maximum atomic E-state index is 14.1. The van der Waals surface area contributed by atoms with Crippen molar-refractivity contribution in [3.8, 4) is 0 Å². The molecule has 230 valence electrons. The summed E-state index contributed by atoms with van der Waals surface area (Å²) in [6, 6.07) is 21.0. The summed E-state index contributed by atoms with van der Waals surface area (Å²) < 4.78 is 13.8. The van der Waals surface area contributed by atoms with Crippen molar-refractivity contribution in [2.45, 2.75) is 136 Å². The Labute approximate surface area is 253 Å². The van der Waals surface area contributed by atoms with Gasteiger partial charge in [0.25, 0.3) is 8.32 Å². The molecule has 0 unspecified atom stereocenters. The molecule has 6 heteroatoms. The van der Waals surface area contributed by atoms with Crippen LogP contribution >= 0.6 is 0 Å². The highest BCUT2D eigenvalue weighted by molar-refractivity contribution is 6.99. The van der Waals surface area contributed by atoms with E-state index >= 15 is 0 Å². The molecular weight excluding hydrogens is 541 g/mol. The van der Waals surface area contributed by atoms with E-state index in [1.807, 2.05) is 26.0 Å². The summed E-state index contributed by atoms with van der Waals surface area (Å²) in [6.45, 7) is 23.6. The predicted octanol–water partition coefficient (Wildman–Crippen LogP) is 7.88. The highest BCUT2D eigenvalue weighted by Gasteiger charge is 2.52. The number of hydrogen-bond acceptors (Lipinski definition) is 4. The number of carbonyl (C=O) groups is 1. The summed E-state index contributed by atoms with van der Waals surface area (Å²) >= 11 is 0. The number of hydrogen-bond donors (Lipinski definition) is 1. The summed E-state index contributed by atoms with van der Waals surface area (Å²) in [5.41, 5.74) is 0. The van der Waals surface area contributed by atoms with Crippen LogP contribution in [0.2, 0.25) is 23.2 Å². The normalized spacial score (nSPS) is 16.2. The van der Waals surface area contributed by atoms with Crippen LogP contribution < -0.4 is 10.4 Å². The molecule has 2 aromatic carbocycles. The number of carbonyl (C=O) groups excluding carboxylic acids is 1. The van der Waals surface area contributed by atoms with Gasteiger partial charge in [-0.3, -0.25) is 4.79 Å². The number of benzene rings is 2. The Kier molecular flexibility index (Phi) is 12.8. The number of aliphatic hydroxyl groups excluding tert-OH is 1. The summed E-state index contributed by atoms with van der Waals surface area (Å²) in [4.78, 5) is 14.1. The second kappa shape index (κ2) is 14.7. The molecule has 0 fully saturated rings. The molecule has 41 heavy (non-hydrogen) atoms. The monoisotopic (exact) mass is 598 g/mol. The fourth-order valence-electron chi connectivity index (χ4n) is 5.62. The molecule has 0 bridgehead atoms. The molecule has 0 radical (unpaired) electrons. The fourth-order valence-corrected chi connectivity index (χ4v) is 11.7. The van der Waals surface area contributed by atoms with Crippen LogP contribution in [0.5, 0.6) is 0 Å². The van der Waals surface area contributed by atoms with E-state index in [0.717, 1.165) is 25.7 Å². The highest BCUT2D eigenvalue weighted by atomic mass is 28.4. The van der Waals surface area contributed by atoms with E-state index in [1.54, 1.807) is 0 Å². The van der Waals surface area contributed by atoms with Crippen LogP contribution in [0.25, 0.3) is 0 Å². The lowest BCUT2D eigenvalue weighted by Crippen LogP contribution is -2.68. The maximum absolute atomic E-state index is 14.1. The van der Waals surface area contributed by atoms with Gasteiger partial charge in [0.1, 0.15) is 6.10 Å². The third kappa shape index (κ3) is 8.73. The van der Waals surface area contributed by atoms with E-state index < -0.39 is 40.9 Å². The fraction of sp³-hybridized carbons (Fsp3) is 0.629. The van der Waals surface area contributed by atoms with E-state index in [0.29, 0.717) is 6.42 Å². The van der Waals surface area contributed by atoms with Gasteiger partial charge in [0.15, 0.2) is 14.1 Å². The van der Waals surface area contributed by atoms with Gasteiger partial charge in [0.2, 0.25) is 0 Å². The van der Waals surface area contributed by atoms with Crippen molar-refractivity contribution in [3.05, 3.63) is 60.7 Å². The number of unbranched alkanes of at least 4 members (excludes halogenated alkanes) is 3. The SMILES string of the molecule is CCCCCC[C@@H](C(=O)[C@H](C)O[Si](C)(C)C(C)(C)C)[C@@H](O)[C@H](C)O[Si](c1ccccc1)(c1ccccc1)C(C)(C)C. The zero-order valence-corrected chi connectivity index (χ0v) is 29.8. The maximum Gasteiger partial charge on any atom is 0.261 e. The third-order valence-corrected chi connectivity index (χ3v) is 18.8. The Hall–Kier alpha value is -1.58. The van der Waals surface area contributed by atoms with Gasteiger partial charge in [-0.25, -0.2) is 0 Å². The number of aliphatic hydroxyl groups is 1.